The second-order valence-electron chi connectivity index (χ2n) is 4.51. The van der Waals surface area contributed by atoms with Crippen LogP contribution in [0.4, 0.5) is 0 Å². The molecule has 0 aliphatic heterocycles. The Morgan fingerprint density at radius 2 is 1.95 bits per heavy atom. The lowest BCUT2D eigenvalue weighted by atomic mass is 10.1. The standard InChI is InChI=1S/C16H16N2O3/c1-2-8-18(12-15(19)20)16(21)13-6-5-7-14(11-13)17-9-3-4-10-17/h2-7,9-11H,1,8,12H2,(H,19,20). The van der Waals surface area contributed by atoms with Gasteiger partial charge in [0.05, 0.1) is 0 Å². The minimum absolute atomic E-state index is 0.193. The van der Waals surface area contributed by atoms with Gasteiger partial charge in [-0.05, 0) is 30.3 Å². The molecule has 0 saturated carbocycles. The van der Waals surface area contributed by atoms with Crippen LogP contribution in [0, 0.1) is 0 Å². The smallest absolute Gasteiger partial charge is 0.323 e. The van der Waals surface area contributed by atoms with Crippen molar-refractivity contribution < 1.29 is 14.7 Å². The van der Waals surface area contributed by atoms with Crippen LogP contribution in [0.2, 0.25) is 0 Å². The number of aromatic nitrogens is 1. The predicted molar refractivity (Wildman–Crippen MR) is 79.5 cm³/mol. The largest absolute Gasteiger partial charge is 0.480 e. The van der Waals surface area contributed by atoms with Gasteiger partial charge < -0.3 is 14.6 Å². The lowest BCUT2D eigenvalue weighted by Gasteiger charge is -2.19. The topological polar surface area (TPSA) is 62.5 Å². The first-order valence-electron chi connectivity index (χ1n) is 6.47. The molecule has 0 unspecified atom stereocenters. The van der Waals surface area contributed by atoms with Crippen LogP contribution in [0.25, 0.3) is 5.69 Å². The third kappa shape index (κ3) is 3.60. The molecular weight excluding hydrogens is 268 g/mol. The molecule has 0 fully saturated rings. The molecule has 5 heteroatoms. The van der Waals surface area contributed by atoms with Crippen molar-refractivity contribution in [2.75, 3.05) is 13.1 Å². The molecular formula is C16H16N2O3. The molecule has 1 aromatic carbocycles. The van der Waals surface area contributed by atoms with Crippen molar-refractivity contribution in [3.63, 3.8) is 0 Å². The van der Waals surface area contributed by atoms with Crippen molar-refractivity contribution in [2.24, 2.45) is 0 Å². The van der Waals surface area contributed by atoms with E-state index < -0.39 is 5.97 Å². The predicted octanol–water partition coefficient (Wildman–Crippen LogP) is 2.19. The maximum Gasteiger partial charge on any atom is 0.323 e. The molecule has 0 radical (unpaired) electrons. The molecule has 2 aromatic rings. The molecule has 0 spiro atoms. The number of carboxylic acids is 1. The summed E-state index contributed by atoms with van der Waals surface area (Å²) in [6, 6.07) is 10.8. The fourth-order valence-corrected chi connectivity index (χ4v) is 2.03. The van der Waals surface area contributed by atoms with Crippen LogP contribution in [0.1, 0.15) is 10.4 Å². The third-order valence-corrected chi connectivity index (χ3v) is 2.96. The number of aliphatic carboxylic acids is 1. The number of amides is 1. The van der Waals surface area contributed by atoms with Crippen molar-refractivity contribution in [3.05, 3.63) is 67.0 Å². The van der Waals surface area contributed by atoms with Crippen LogP contribution >= 0.6 is 0 Å². The maximum absolute atomic E-state index is 12.4. The summed E-state index contributed by atoms with van der Waals surface area (Å²) in [6.45, 7) is 3.40. The molecule has 0 bridgehead atoms. The van der Waals surface area contributed by atoms with Crippen LogP contribution in [0.3, 0.4) is 0 Å². The molecule has 1 heterocycles. The Kier molecular flexibility index (Phi) is 4.56. The fourth-order valence-electron chi connectivity index (χ4n) is 2.03. The molecule has 5 nitrogen and oxygen atoms in total. The normalized spacial score (nSPS) is 10.1. The zero-order valence-electron chi connectivity index (χ0n) is 11.5. The Morgan fingerprint density at radius 1 is 1.24 bits per heavy atom. The zero-order chi connectivity index (χ0) is 15.2. The van der Waals surface area contributed by atoms with E-state index in [-0.39, 0.29) is 19.0 Å². The zero-order valence-corrected chi connectivity index (χ0v) is 11.5. The minimum Gasteiger partial charge on any atom is -0.480 e. The first-order chi connectivity index (χ1) is 10.1. The highest BCUT2D eigenvalue weighted by Crippen LogP contribution is 2.13. The molecule has 1 aromatic heterocycles. The lowest BCUT2D eigenvalue weighted by Crippen LogP contribution is -2.35. The van der Waals surface area contributed by atoms with Gasteiger partial charge in [0.2, 0.25) is 0 Å². The first-order valence-corrected chi connectivity index (χ1v) is 6.47. The maximum atomic E-state index is 12.4. The summed E-state index contributed by atoms with van der Waals surface area (Å²) >= 11 is 0. The molecule has 0 aliphatic rings. The van der Waals surface area contributed by atoms with E-state index in [9.17, 15) is 9.59 Å². The van der Waals surface area contributed by atoms with E-state index in [0.29, 0.717) is 5.56 Å². The van der Waals surface area contributed by atoms with Crippen molar-refractivity contribution in [2.45, 2.75) is 0 Å². The van der Waals surface area contributed by atoms with Gasteiger partial charge in [0.1, 0.15) is 6.54 Å². The number of hydrogen-bond donors (Lipinski definition) is 1. The van der Waals surface area contributed by atoms with E-state index in [2.05, 4.69) is 6.58 Å². The molecule has 21 heavy (non-hydrogen) atoms. The average molecular weight is 284 g/mol. The molecule has 0 saturated heterocycles. The lowest BCUT2D eigenvalue weighted by molar-refractivity contribution is -0.137. The summed E-state index contributed by atoms with van der Waals surface area (Å²) in [5, 5.41) is 8.88. The van der Waals surface area contributed by atoms with Crippen molar-refractivity contribution in [1.82, 2.24) is 9.47 Å². The highest BCUT2D eigenvalue weighted by Gasteiger charge is 2.17. The van der Waals surface area contributed by atoms with Crippen molar-refractivity contribution in [3.8, 4) is 5.69 Å². The number of carbonyl (C=O) groups is 2. The highest BCUT2D eigenvalue weighted by atomic mass is 16.4. The number of carboxylic acid groups (broad SMARTS) is 1. The number of rotatable bonds is 6. The molecule has 1 amide bonds. The van der Waals surface area contributed by atoms with Crippen molar-refractivity contribution >= 4 is 11.9 Å². The van der Waals surface area contributed by atoms with Crippen molar-refractivity contribution in [1.29, 1.82) is 0 Å². The quantitative estimate of drug-likeness (QED) is 0.827. The highest BCUT2D eigenvalue weighted by molar-refractivity contribution is 5.96. The van der Waals surface area contributed by atoms with Gasteiger partial charge in [0.15, 0.2) is 0 Å². The molecule has 2 rings (SSSR count). The van der Waals surface area contributed by atoms with Crippen LogP contribution in [0.15, 0.2) is 61.4 Å². The van der Waals surface area contributed by atoms with Gasteiger partial charge in [-0.3, -0.25) is 9.59 Å². The monoisotopic (exact) mass is 284 g/mol. The van der Waals surface area contributed by atoms with E-state index >= 15 is 0 Å². The summed E-state index contributed by atoms with van der Waals surface area (Å²) in [7, 11) is 0. The SMILES string of the molecule is C=CCN(CC(=O)O)C(=O)c1cccc(-n2cccc2)c1. The van der Waals surface area contributed by atoms with E-state index in [1.165, 1.54) is 11.0 Å². The van der Waals surface area contributed by atoms with Crippen LogP contribution in [-0.4, -0.2) is 39.5 Å². The number of carbonyl (C=O) groups excluding carboxylic acids is 1. The fraction of sp³-hybridized carbons (Fsp3) is 0.125. The van der Waals surface area contributed by atoms with Gasteiger partial charge in [0, 0.05) is 30.2 Å². The van der Waals surface area contributed by atoms with Gasteiger partial charge in [-0.25, -0.2) is 0 Å². The second kappa shape index (κ2) is 6.56. The Labute approximate surface area is 122 Å². The van der Waals surface area contributed by atoms with Gasteiger partial charge in [-0.15, -0.1) is 6.58 Å². The summed E-state index contributed by atoms with van der Waals surface area (Å²) < 4.78 is 1.88. The molecule has 1 N–H and O–H groups in total. The first kappa shape index (κ1) is 14.6. The Hall–Kier alpha value is -2.82. The molecule has 0 aliphatic carbocycles. The summed E-state index contributed by atoms with van der Waals surface area (Å²) in [5.41, 5.74) is 1.30. The van der Waals surface area contributed by atoms with Gasteiger partial charge in [-0.1, -0.05) is 12.1 Å². The number of benzene rings is 1. The Bertz CT molecular complexity index is 647. The van der Waals surface area contributed by atoms with Crippen LogP contribution in [0.5, 0.6) is 0 Å². The Morgan fingerprint density at radius 3 is 2.57 bits per heavy atom. The van der Waals surface area contributed by atoms with E-state index in [1.54, 1.807) is 18.2 Å². The van der Waals surface area contributed by atoms with E-state index in [1.807, 2.05) is 35.2 Å². The second-order valence-corrected chi connectivity index (χ2v) is 4.51. The van der Waals surface area contributed by atoms with Gasteiger partial charge >= 0.3 is 5.97 Å². The van der Waals surface area contributed by atoms with E-state index in [0.717, 1.165) is 5.69 Å². The minimum atomic E-state index is -1.05. The van der Waals surface area contributed by atoms with E-state index in [4.69, 9.17) is 5.11 Å². The number of hydrogen-bond acceptors (Lipinski definition) is 2. The summed E-state index contributed by atoms with van der Waals surface area (Å²) in [6.07, 6.45) is 5.27. The van der Waals surface area contributed by atoms with Gasteiger partial charge in [0.25, 0.3) is 5.91 Å². The Balaban J connectivity index is 2.27. The molecule has 0 atom stereocenters. The number of nitrogens with zero attached hydrogens (tertiary/aromatic N) is 2. The summed E-state index contributed by atoms with van der Waals surface area (Å²) in [5.74, 6) is -1.38. The van der Waals surface area contributed by atoms with Gasteiger partial charge in [-0.2, -0.15) is 0 Å². The average Bonchev–Trinajstić information content (AvgIpc) is 3.00. The third-order valence-electron chi connectivity index (χ3n) is 2.96. The van der Waals surface area contributed by atoms with Crippen LogP contribution < -0.4 is 0 Å². The summed E-state index contributed by atoms with van der Waals surface area (Å²) in [4.78, 5) is 24.5. The molecule has 108 valence electrons. The van der Waals surface area contributed by atoms with Crippen LogP contribution in [-0.2, 0) is 4.79 Å².